The first-order chi connectivity index (χ1) is 12.5. The van der Waals surface area contributed by atoms with Crippen LogP contribution in [0.2, 0.25) is 0 Å². The Morgan fingerprint density at radius 3 is 2.38 bits per heavy atom. The van der Waals surface area contributed by atoms with E-state index in [1.807, 2.05) is 38.1 Å². The van der Waals surface area contributed by atoms with Crippen molar-refractivity contribution in [3.8, 4) is 5.75 Å². The Bertz CT molecular complexity index is 742. The van der Waals surface area contributed by atoms with Gasteiger partial charge in [-0.2, -0.15) is 0 Å². The van der Waals surface area contributed by atoms with Crippen molar-refractivity contribution >= 4 is 23.3 Å². The molecule has 2 aromatic rings. The zero-order chi connectivity index (χ0) is 18.9. The van der Waals surface area contributed by atoms with Crippen molar-refractivity contribution in [1.82, 2.24) is 0 Å². The fraction of sp³-hybridized carbons (Fsp3) is 0.300. The summed E-state index contributed by atoms with van der Waals surface area (Å²) in [5.41, 5.74) is 1.68. The standard InChI is InChI=1S/C20H24N2O4/c1-14(2)26-16-10-8-15(9-11-16)21-13-12-19(23)22-18-7-5-4-6-17(18)20(24)25-3/h4-11,14,21H,12-13H2,1-3H3,(H,22,23). The normalized spacial score (nSPS) is 10.3. The van der Waals surface area contributed by atoms with E-state index in [1.165, 1.54) is 7.11 Å². The molecule has 2 rings (SSSR count). The van der Waals surface area contributed by atoms with E-state index in [1.54, 1.807) is 24.3 Å². The van der Waals surface area contributed by atoms with Gasteiger partial charge in [-0.15, -0.1) is 0 Å². The molecule has 0 aliphatic rings. The summed E-state index contributed by atoms with van der Waals surface area (Å²) < 4.78 is 10.3. The van der Waals surface area contributed by atoms with E-state index in [2.05, 4.69) is 10.6 Å². The summed E-state index contributed by atoms with van der Waals surface area (Å²) in [6.07, 6.45) is 0.394. The summed E-state index contributed by atoms with van der Waals surface area (Å²) in [5.74, 6) is 0.138. The number of amides is 1. The Morgan fingerprint density at radius 1 is 1.04 bits per heavy atom. The largest absolute Gasteiger partial charge is 0.491 e. The van der Waals surface area contributed by atoms with Gasteiger partial charge in [0.1, 0.15) is 5.75 Å². The highest BCUT2D eigenvalue weighted by Crippen LogP contribution is 2.18. The summed E-state index contributed by atoms with van der Waals surface area (Å²) in [7, 11) is 1.31. The van der Waals surface area contributed by atoms with Crippen molar-refractivity contribution in [3.63, 3.8) is 0 Å². The molecule has 2 aromatic carbocycles. The minimum Gasteiger partial charge on any atom is -0.491 e. The number of para-hydroxylation sites is 1. The minimum atomic E-state index is -0.484. The smallest absolute Gasteiger partial charge is 0.339 e. The number of methoxy groups -OCH3 is 1. The fourth-order valence-electron chi connectivity index (χ4n) is 2.34. The molecule has 0 saturated heterocycles. The van der Waals surface area contributed by atoms with Crippen molar-refractivity contribution in [2.45, 2.75) is 26.4 Å². The van der Waals surface area contributed by atoms with Crippen molar-refractivity contribution in [2.24, 2.45) is 0 Å². The Labute approximate surface area is 153 Å². The lowest BCUT2D eigenvalue weighted by Crippen LogP contribution is -2.18. The number of ether oxygens (including phenoxy) is 2. The van der Waals surface area contributed by atoms with Crippen LogP contribution >= 0.6 is 0 Å². The average Bonchev–Trinajstić information content (AvgIpc) is 2.62. The molecule has 0 aromatic heterocycles. The molecule has 0 aliphatic heterocycles. The molecule has 0 saturated carbocycles. The van der Waals surface area contributed by atoms with Crippen LogP contribution in [0.25, 0.3) is 0 Å². The minimum absolute atomic E-state index is 0.130. The SMILES string of the molecule is COC(=O)c1ccccc1NC(=O)CCNc1ccc(OC(C)C)cc1. The first kappa shape index (κ1) is 19.3. The van der Waals surface area contributed by atoms with Crippen molar-refractivity contribution in [1.29, 1.82) is 0 Å². The molecule has 0 fully saturated rings. The van der Waals surface area contributed by atoms with Crippen LogP contribution in [0.5, 0.6) is 5.75 Å². The summed E-state index contributed by atoms with van der Waals surface area (Å²) in [4.78, 5) is 23.8. The number of hydrogen-bond acceptors (Lipinski definition) is 5. The van der Waals surface area contributed by atoms with Crippen LogP contribution in [0.3, 0.4) is 0 Å². The highest BCUT2D eigenvalue weighted by atomic mass is 16.5. The first-order valence-corrected chi connectivity index (χ1v) is 8.47. The highest BCUT2D eigenvalue weighted by molar-refractivity contribution is 6.01. The van der Waals surface area contributed by atoms with Crippen LogP contribution in [-0.4, -0.2) is 31.6 Å². The average molecular weight is 356 g/mol. The number of carbonyl (C=O) groups is 2. The van der Waals surface area contributed by atoms with Gasteiger partial charge in [-0.3, -0.25) is 4.79 Å². The molecular weight excluding hydrogens is 332 g/mol. The maximum absolute atomic E-state index is 12.1. The lowest BCUT2D eigenvalue weighted by molar-refractivity contribution is -0.115. The van der Waals surface area contributed by atoms with Gasteiger partial charge in [0.25, 0.3) is 0 Å². The molecule has 6 nitrogen and oxygen atoms in total. The topological polar surface area (TPSA) is 76.7 Å². The van der Waals surface area contributed by atoms with Gasteiger partial charge in [0.2, 0.25) is 5.91 Å². The lowest BCUT2D eigenvalue weighted by Gasteiger charge is -2.12. The van der Waals surface area contributed by atoms with Crippen LogP contribution in [0, 0.1) is 0 Å². The molecule has 138 valence electrons. The van der Waals surface area contributed by atoms with Crippen molar-refractivity contribution in [3.05, 3.63) is 54.1 Å². The van der Waals surface area contributed by atoms with E-state index in [4.69, 9.17) is 9.47 Å². The molecule has 1 amide bonds. The van der Waals surface area contributed by atoms with E-state index in [-0.39, 0.29) is 18.4 Å². The quantitative estimate of drug-likeness (QED) is 0.705. The van der Waals surface area contributed by atoms with E-state index >= 15 is 0 Å². The third-order valence-corrected chi connectivity index (χ3v) is 3.51. The summed E-state index contributed by atoms with van der Waals surface area (Å²) in [6.45, 7) is 4.42. The van der Waals surface area contributed by atoms with Gasteiger partial charge in [-0.1, -0.05) is 12.1 Å². The van der Waals surface area contributed by atoms with Gasteiger partial charge in [-0.05, 0) is 50.2 Å². The Morgan fingerprint density at radius 2 is 1.73 bits per heavy atom. The maximum Gasteiger partial charge on any atom is 0.339 e. The summed E-state index contributed by atoms with van der Waals surface area (Å²) in [6, 6.07) is 14.3. The fourth-order valence-corrected chi connectivity index (χ4v) is 2.34. The molecule has 2 N–H and O–H groups in total. The number of esters is 1. The molecule has 0 bridgehead atoms. The van der Waals surface area contributed by atoms with Crippen LogP contribution < -0.4 is 15.4 Å². The highest BCUT2D eigenvalue weighted by Gasteiger charge is 2.12. The molecule has 0 radical (unpaired) electrons. The summed E-state index contributed by atoms with van der Waals surface area (Å²) >= 11 is 0. The second kappa shape index (κ2) is 9.46. The molecule has 0 spiro atoms. The third-order valence-electron chi connectivity index (χ3n) is 3.51. The van der Waals surface area contributed by atoms with E-state index in [9.17, 15) is 9.59 Å². The molecule has 6 heteroatoms. The monoisotopic (exact) mass is 356 g/mol. The molecule has 0 heterocycles. The second-order valence-electron chi connectivity index (χ2n) is 5.95. The molecule has 26 heavy (non-hydrogen) atoms. The Hall–Kier alpha value is -3.02. The number of carbonyl (C=O) groups excluding carboxylic acids is 2. The van der Waals surface area contributed by atoms with Crippen LogP contribution in [0.4, 0.5) is 11.4 Å². The van der Waals surface area contributed by atoms with Crippen molar-refractivity contribution < 1.29 is 19.1 Å². The van der Waals surface area contributed by atoms with E-state index in [0.29, 0.717) is 17.8 Å². The predicted molar refractivity (Wildman–Crippen MR) is 102 cm³/mol. The predicted octanol–water partition coefficient (Wildman–Crippen LogP) is 3.70. The third kappa shape index (κ3) is 5.81. The van der Waals surface area contributed by atoms with Crippen LogP contribution in [-0.2, 0) is 9.53 Å². The summed E-state index contributed by atoms with van der Waals surface area (Å²) in [5, 5.41) is 5.93. The molecular formula is C20H24N2O4. The number of hydrogen-bond donors (Lipinski definition) is 2. The Kier molecular flexibility index (Phi) is 7.02. The van der Waals surface area contributed by atoms with Crippen LogP contribution in [0.15, 0.2) is 48.5 Å². The van der Waals surface area contributed by atoms with E-state index < -0.39 is 5.97 Å². The van der Waals surface area contributed by atoms with E-state index in [0.717, 1.165) is 11.4 Å². The zero-order valence-corrected chi connectivity index (χ0v) is 15.2. The maximum atomic E-state index is 12.1. The van der Waals surface area contributed by atoms with Gasteiger partial charge in [0, 0.05) is 18.7 Å². The number of benzene rings is 2. The number of anilines is 2. The van der Waals surface area contributed by atoms with Crippen LogP contribution in [0.1, 0.15) is 30.6 Å². The Balaban J connectivity index is 1.83. The van der Waals surface area contributed by atoms with Gasteiger partial charge in [0.15, 0.2) is 0 Å². The van der Waals surface area contributed by atoms with Gasteiger partial charge in [0.05, 0.1) is 24.5 Å². The first-order valence-electron chi connectivity index (χ1n) is 8.47. The number of nitrogens with one attached hydrogen (secondary N) is 2. The lowest BCUT2D eigenvalue weighted by atomic mass is 10.1. The molecule has 0 aliphatic carbocycles. The van der Waals surface area contributed by atoms with Gasteiger partial charge < -0.3 is 20.1 Å². The van der Waals surface area contributed by atoms with Gasteiger partial charge >= 0.3 is 5.97 Å². The number of rotatable bonds is 8. The molecule has 0 atom stereocenters. The van der Waals surface area contributed by atoms with Gasteiger partial charge in [-0.25, -0.2) is 4.79 Å². The molecule has 0 unspecified atom stereocenters. The zero-order valence-electron chi connectivity index (χ0n) is 15.2. The second-order valence-corrected chi connectivity index (χ2v) is 5.95. The van der Waals surface area contributed by atoms with Crippen molar-refractivity contribution in [2.75, 3.05) is 24.3 Å².